The van der Waals surface area contributed by atoms with Crippen molar-refractivity contribution < 1.29 is 14.6 Å². The average molecular weight is 253 g/mol. The third-order valence-electron chi connectivity index (χ3n) is 2.59. The Morgan fingerprint density at radius 2 is 2.00 bits per heavy atom. The van der Waals surface area contributed by atoms with Gasteiger partial charge >= 0.3 is 0 Å². The second-order valence-electron chi connectivity index (χ2n) is 4.12. The van der Waals surface area contributed by atoms with Gasteiger partial charge in [-0.3, -0.25) is 0 Å². The van der Waals surface area contributed by atoms with E-state index in [0.29, 0.717) is 25.4 Å². The first-order valence-electron chi connectivity index (χ1n) is 6.42. The molecule has 102 valence electrons. The molecule has 1 atom stereocenters. The Morgan fingerprint density at radius 1 is 1.22 bits per heavy atom. The van der Waals surface area contributed by atoms with Crippen LogP contribution in [-0.2, 0) is 6.54 Å². The first-order valence-corrected chi connectivity index (χ1v) is 6.42. The smallest absolute Gasteiger partial charge is 0.161 e. The molecule has 1 unspecified atom stereocenters. The molecule has 1 aromatic rings. The maximum absolute atomic E-state index is 9.50. The summed E-state index contributed by atoms with van der Waals surface area (Å²) in [6, 6.07) is 5.85. The molecule has 0 spiro atoms. The second-order valence-corrected chi connectivity index (χ2v) is 4.12. The first kappa shape index (κ1) is 14.8. The van der Waals surface area contributed by atoms with Crippen molar-refractivity contribution in [3.63, 3.8) is 0 Å². The highest BCUT2D eigenvalue weighted by Gasteiger charge is 2.08. The van der Waals surface area contributed by atoms with Gasteiger partial charge in [-0.1, -0.05) is 13.0 Å². The van der Waals surface area contributed by atoms with Crippen LogP contribution in [0.25, 0.3) is 0 Å². The van der Waals surface area contributed by atoms with Gasteiger partial charge in [0, 0.05) is 6.54 Å². The predicted octanol–water partition coefficient (Wildman–Crippen LogP) is 1.95. The van der Waals surface area contributed by atoms with Crippen molar-refractivity contribution in [3.8, 4) is 11.5 Å². The Morgan fingerprint density at radius 3 is 2.61 bits per heavy atom. The van der Waals surface area contributed by atoms with Crippen LogP contribution < -0.4 is 14.8 Å². The van der Waals surface area contributed by atoms with Crippen LogP contribution in [0.5, 0.6) is 11.5 Å². The number of nitrogens with one attached hydrogen (secondary N) is 1. The Bertz CT molecular complexity index is 355. The molecule has 0 saturated carbocycles. The van der Waals surface area contributed by atoms with Crippen LogP contribution in [0.1, 0.15) is 25.8 Å². The minimum absolute atomic E-state index is 0.294. The van der Waals surface area contributed by atoms with E-state index in [2.05, 4.69) is 5.32 Å². The fourth-order valence-electron chi connectivity index (χ4n) is 1.56. The van der Waals surface area contributed by atoms with E-state index in [1.165, 1.54) is 0 Å². The van der Waals surface area contributed by atoms with E-state index in [4.69, 9.17) is 9.47 Å². The summed E-state index contributed by atoms with van der Waals surface area (Å²) in [7, 11) is 1.91. The minimum Gasteiger partial charge on any atom is -0.490 e. The van der Waals surface area contributed by atoms with Crippen LogP contribution in [0, 0.1) is 0 Å². The van der Waals surface area contributed by atoms with Crippen molar-refractivity contribution in [2.24, 2.45) is 0 Å². The normalized spacial score (nSPS) is 12.2. The summed E-state index contributed by atoms with van der Waals surface area (Å²) in [4.78, 5) is 0. The molecule has 0 aliphatic carbocycles. The number of hydrogen-bond acceptors (Lipinski definition) is 4. The van der Waals surface area contributed by atoms with Gasteiger partial charge < -0.3 is 19.9 Å². The lowest BCUT2D eigenvalue weighted by Crippen LogP contribution is -2.16. The fraction of sp³-hybridized carbons (Fsp3) is 0.571. The molecule has 2 N–H and O–H groups in total. The van der Waals surface area contributed by atoms with Gasteiger partial charge in [-0.15, -0.1) is 0 Å². The van der Waals surface area contributed by atoms with Gasteiger partial charge in [-0.05, 0) is 38.1 Å². The molecule has 0 aliphatic heterocycles. The molecule has 4 nitrogen and oxygen atoms in total. The van der Waals surface area contributed by atoms with E-state index in [9.17, 15) is 5.11 Å². The molecular formula is C14H23NO3. The number of hydrogen-bond donors (Lipinski definition) is 2. The third kappa shape index (κ3) is 4.55. The maximum atomic E-state index is 9.50. The number of rotatable bonds is 8. The molecule has 0 fully saturated rings. The minimum atomic E-state index is -0.434. The summed E-state index contributed by atoms with van der Waals surface area (Å²) >= 11 is 0. The standard InChI is InChI=1S/C14H23NO3/c1-4-12(16)10-18-13-7-6-11(9-15-3)8-14(13)17-5-2/h6-8,12,15-16H,4-5,9-10H2,1-3H3. The summed E-state index contributed by atoms with van der Waals surface area (Å²) in [5, 5.41) is 12.6. The first-order chi connectivity index (χ1) is 8.71. The zero-order valence-corrected chi connectivity index (χ0v) is 11.4. The quantitative estimate of drug-likeness (QED) is 0.743. The summed E-state index contributed by atoms with van der Waals surface area (Å²) in [6.07, 6.45) is 0.249. The highest BCUT2D eigenvalue weighted by Crippen LogP contribution is 2.28. The Hall–Kier alpha value is -1.26. The Balaban J connectivity index is 2.75. The van der Waals surface area contributed by atoms with E-state index in [1.807, 2.05) is 39.1 Å². The summed E-state index contributed by atoms with van der Waals surface area (Å²) in [6.45, 7) is 5.54. The largest absolute Gasteiger partial charge is 0.490 e. The highest BCUT2D eigenvalue weighted by atomic mass is 16.5. The van der Waals surface area contributed by atoms with Crippen LogP contribution in [0.3, 0.4) is 0 Å². The SMILES string of the molecule is CCOc1cc(CNC)ccc1OCC(O)CC. The van der Waals surface area contributed by atoms with Crippen molar-refractivity contribution >= 4 is 0 Å². The van der Waals surface area contributed by atoms with E-state index in [1.54, 1.807) is 0 Å². The summed E-state index contributed by atoms with van der Waals surface area (Å²) in [5.74, 6) is 1.41. The molecule has 1 aromatic carbocycles. The Labute approximate surface area is 109 Å². The molecule has 0 bridgehead atoms. The fourth-order valence-corrected chi connectivity index (χ4v) is 1.56. The van der Waals surface area contributed by atoms with Gasteiger partial charge in [-0.25, -0.2) is 0 Å². The predicted molar refractivity (Wildman–Crippen MR) is 72.2 cm³/mol. The van der Waals surface area contributed by atoms with Crippen molar-refractivity contribution in [1.29, 1.82) is 0 Å². The van der Waals surface area contributed by atoms with Crippen molar-refractivity contribution in [2.75, 3.05) is 20.3 Å². The van der Waals surface area contributed by atoms with E-state index in [0.717, 1.165) is 17.9 Å². The molecule has 18 heavy (non-hydrogen) atoms. The molecule has 0 heterocycles. The summed E-state index contributed by atoms with van der Waals surface area (Å²) in [5.41, 5.74) is 1.14. The molecular weight excluding hydrogens is 230 g/mol. The molecule has 4 heteroatoms. The van der Waals surface area contributed by atoms with Crippen LogP contribution in [0.2, 0.25) is 0 Å². The lowest BCUT2D eigenvalue weighted by Gasteiger charge is -2.15. The average Bonchev–Trinajstić information content (AvgIpc) is 2.38. The second kappa shape index (κ2) is 7.95. The Kier molecular flexibility index (Phi) is 6.54. The van der Waals surface area contributed by atoms with Crippen molar-refractivity contribution in [2.45, 2.75) is 32.9 Å². The van der Waals surface area contributed by atoms with Gasteiger partial charge in [0.2, 0.25) is 0 Å². The maximum Gasteiger partial charge on any atom is 0.161 e. The van der Waals surface area contributed by atoms with E-state index >= 15 is 0 Å². The van der Waals surface area contributed by atoms with Crippen LogP contribution >= 0.6 is 0 Å². The van der Waals surface area contributed by atoms with Crippen LogP contribution in [0.4, 0.5) is 0 Å². The zero-order valence-electron chi connectivity index (χ0n) is 11.4. The van der Waals surface area contributed by atoms with Gasteiger partial charge in [0.25, 0.3) is 0 Å². The number of aliphatic hydroxyl groups is 1. The van der Waals surface area contributed by atoms with Crippen molar-refractivity contribution in [3.05, 3.63) is 23.8 Å². The molecule has 0 radical (unpaired) electrons. The molecule has 0 aromatic heterocycles. The molecule has 0 aliphatic rings. The monoisotopic (exact) mass is 253 g/mol. The summed E-state index contributed by atoms with van der Waals surface area (Å²) < 4.78 is 11.1. The molecule has 0 saturated heterocycles. The molecule has 1 rings (SSSR count). The van der Waals surface area contributed by atoms with Crippen molar-refractivity contribution in [1.82, 2.24) is 5.32 Å². The number of ether oxygens (including phenoxy) is 2. The topological polar surface area (TPSA) is 50.7 Å². The van der Waals surface area contributed by atoms with Crippen LogP contribution in [0.15, 0.2) is 18.2 Å². The zero-order chi connectivity index (χ0) is 13.4. The van der Waals surface area contributed by atoms with Crippen LogP contribution in [-0.4, -0.2) is 31.5 Å². The lowest BCUT2D eigenvalue weighted by atomic mass is 10.2. The van der Waals surface area contributed by atoms with E-state index in [-0.39, 0.29) is 0 Å². The number of aliphatic hydroxyl groups excluding tert-OH is 1. The third-order valence-corrected chi connectivity index (χ3v) is 2.59. The van der Waals surface area contributed by atoms with Gasteiger partial charge in [0.1, 0.15) is 6.61 Å². The van der Waals surface area contributed by atoms with Gasteiger partial charge in [0.15, 0.2) is 11.5 Å². The number of benzene rings is 1. The lowest BCUT2D eigenvalue weighted by molar-refractivity contribution is 0.102. The highest BCUT2D eigenvalue weighted by molar-refractivity contribution is 5.43. The molecule has 0 amide bonds. The van der Waals surface area contributed by atoms with Gasteiger partial charge in [-0.2, -0.15) is 0 Å². The van der Waals surface area contributed by atoms with Gasteiger partial charge in [0.05, 0.1) is 12.7 Å². The van der Waals surface area contributed by atoms with E-state index < -0.39 is 6.10 Å².